The zero-order valence-corrected chi connectivity index (χ0v) is 10.7. The van der Waals surface area contributed by atoms with Crippen LogP contribution in [0, 0.1) is 11.6 Å². The molecule has 0 aliphatic heterocycles. The normalized spacial score (nSPS) is 11.3. The van der Waals surface area contributed by atoms with Crippen molar-refractivity contribution in [2.24, 2.45) is 0 Å². The van der Waals surface area contributed by atoms with Gasteiger partial charge in [0.1, 0.15) is 0 Å². The van der Waals surface area contributed by atoms with E-state index in [0.29, 0.717) is 6.07 Å². The quantitative estimate of drug-likeness (QED) is 0.836. The van der Waals surface area contributed by atoms with Crippen LogP contribution < -0.4 is 10.6 Å². The SMILES string of the molecule is CNc1nc(Nc2ccc(C(F)(F)F)cc2)c(F)cc1F. The van der Waals surface area contributed by atoms with Crippen LogP contribution in [0.25, 0.3) is 0 Å². The first-order chi connectivity index (χ1) is 9.81. The molecule has 0 amide bonds. The third-order valence-corrected chi connectivity index (χ3v) is 2.64. The fraction of sp³-hybridized carbons (Fsp3) is 0.154. The number of hydrogen-bond acceptors (Lipinski definition) is 3. The fourth-order valence-corrected chi connectivity index (χ4v) is 1.61. The Balaban J connectivity index is 2.26. The smallest absolute Gasteiger partial charge is 0.371 e. The number of hydrogen-bond donors (Lipinski definition) is 2. The van der Waals surface area contributed by atoms with Gasteiger partial charge in [-0.2, -0.15) is 13.2 Å². The third kappa shape index (κ3) is 3.39. The van der Waals surface area contributed by atoms with Crippen molar-refractivity contribution in [1.29, 1.82) is 0 Å². The first-order valence-electron chi connectivity index (χ1n) is 5.79. The molecule has 2 rings (SSSR count). The van der Waals surface area contributed by atoms with Crippen molar-refractivity contribution in [2.75, 3.05) is 17.7 Å². The predicted molar refractivity (Wildman–Crippen MR) is 68.4 cm³/mol. The first-order valence-corrected chi connectivity index (χ1v) is 5.79. The minimum Gasteiger partial charge on any atom is -0.371 e. The van der Waals surface area contributed by atoms with E-state index in [1.54, 1.807) is 0 Å². The average molecular weight is 303 g/mol. The van der Waals surface area contributed by atoms with E-state index in [0.717, 1.165) is 24.3 Å². The highest BCUT2D eigenvalue weighted by Crippen LogP contribution is 2.30. The van der Waals surface area contributed by atoms with E-state index < -0.39 is 23.4 Å². The summed E-state index contributed by atoms with van der Waals surface area (Å²) in [6.45, 7) is 0. The maximum atomic E-state index is 13.5. The Labute approximate surface area is 116 Å². The molecule has 112 valence electrons. The highest BCUT2D eigenvalue weighted by molar-refractivity contribution is 5.59. The van der Waals surface area contributed by atoms with Gasteiger partial charge in [-0.05, 0) is 24.3 Å². The van der Waals surface area contributed by atoms with E-state index in [1.165, 1.54) is 7.05 Å². The number of aromatic nitrogens is 1. The van der Waals surface area contributed by atoms with Gasteiger partial charge >= 0.3 is 6.18 Å². The van der Waals surface area contributed by atoms with E-state index in [1.807, 2.05) is 0 Å². The van der Waals surface area contributed by atoms with Gasteiger partial charge in [0.2, 0.25) is 0 Å². The van der Waals surface area contributed by atoms with E-state index in [9.17, 15) is 22.0 Å². The van der Waals surface area contributed by atoms with Crippen LogP contribution in [-0.2, 0) is 6.18 Å². The molecular weight excluding hydrogens is 293 g/mol. The van der Waals surface area contributed by atoms with Crippen LogP contribution in [-0.4, -0.2) is 12.0 Å². The lowest BCUT2D eigenvalue weighted by Gasteiger charge is -2.11. The number of benzene rings is 1. The van der Waals surface area contributed by atoms with Crippen molar-refractivity contribution < 1.29 is 22.0 Å². The van der Waals surface area contributed by atoms with Crippen LogP contribution in [0.2, 0.25) is 0 Å². The number of rotatable bonds is 3. The van der Waals surface area contributed by atoms with E-state index in [4.69, 9.17) is 0 Å². The maximum absolute atomic E-state index is 13.5. The highest BCUT2D eigenvalue weighted by atomic mass is 19.4. The van der Waals surface area contributed by atoms with Crippen LogP contribution in [0.1, 0.15) is 5.56 Å². The summed E-state index contributed by atoms with van der Waals surface area (Å²) >= 11 is 0. The van der Waals surface area contributed by atoms with Crippen LogP contribution in [0.5, 0.6) is 0 Å². The van der Waals surface area contributed by atoms with Crippen molar-refractivity contribution >= 4 is 17.3 Å². The Morgan fingerprint density at radius 2 is 1.52 bits per heavy atom. The molecule has 8 heteroatoms. The average Bonchev–Trinajstić information content (AvgIpc) is 2.41. The summed E-state index contributed by atoms with van der Waals surface area (Å²) in [4.78, 5) is 3.66. The summed E-state index contributed by atoms with van der Waals surface area (Å²) in [6, 6.07) is 4.59. The minimum atomic E-state index is -4.45. The highest BCUT2D eigenvalue weighted by Gasteiger charge is 2.29. The third-order valence-electron chi connectivity index (χ3n) is 2.64. The molecule has 0 saturated heterocycles. The fourth-order valence-electron chi connectivity index (χ4n) is 1.61. The summed E-state index contributed by atoms with van der Waals surface area (Å²) in [5, 5.41) is 4.93. The van der Waals surface area contributed by atoms with E-state index in [2.05, 4.69) is 15.6 Å². The number of alkyl halides is 3. The summed E-state index contributed by atoms with van der Waals surface area (Å²) in [5.41, 5.74) is -0.625. The molecule has 0 radical (unpaired) electrons. The van der Waals surface area contributed by atoms with Crippen molar-refractivity contribution in [3.8, 4) is 0 Å². The molecule has 0 unspecified atom stereocenters. The molecule has 1 aromatic heterocycles. The molecule has 21 heavy (non-hydrogen) atoms. The van der Waals surface area contributed by atoms with Gasteiger partial charge in [0.25, 0.3) is 0 Å². The number of nitrogens with one attached hydrogen (secondary N) is 2. The van der Waals surface area contributed by atoms with Crippen molar-refractivity contribution in [3.63, 3.8) is 0 Å². The predicted octanol–water partition coefficient (Wildman–Crippen LogP) is 4.16. The van der Waals surface area contributed by atoms with Gasteiger partial charge < -0.3 is 10.6 Å². The largest absolute Gasteiger partial charge is 0.416 e. The topological polar surface area (TPSA) is 37.0 Å². The molecule has 3 nitrogen and oxygen atoms in total. The van der Waals surface area contributed by atoms with Gasteiger partial charge in [-0.25, -0.2) is 13.8 Å². The first kappa shape index (κ1) is 15.0. The summed E-state index contributed by atoms with van der Waals surface area (Å²) in [5.74, 6) is -2.29. The molecule has 2 aromatic rings. The van der Waals surface area contributed by atoms with Crippen LogP contribution in [0.15, 0.2) is 30.3 Å². The lowest BCUT2D eigenvalue weighted by atomic mass is 10.2. The van der Waals surface area contributed by atoms with E-state index in [-0.39, 0.29) is 17.3 Å². The Hall–Kier alpha value is -2.38. The lowest BCUT2D eigenvalue weighted by molar-refractivity contribution is -0.137. The molecule has 0 atom stereocenters. The Morgan fingerprint density at radius 3 is 2.05 bits per heavy atom. The number of anilines is 3. The second kappa shape index (κ2) is 5.55. The van der Waals surface area contributed by atoms with Gasteiger partial charge in [0.15, 0.2) is 23.3 Å². The molecule has 1 heterocycles. The molecule has 0 spiro atoms. The molecule has 0 aliphatic rings. The standard InChI is InChI=1S/C13H10F5N3/c1-19-11-9(14)6-10(15)12(21-11)20-8-4-2-7(3-5-8)13(16,17)18/h2-6H,1H3,(H2,19,20,21). The number of nitrogens with zero attached hydrogens (tertiary/aromatic N) is 1. The number of pyridine rings is 1. The van der Waals surface area contributed by atoms with Crippen LogP contribution in [0.4, 0.5) is 39.3 Å². The second-order valence-electron chi connectivity index (χ2n) is 4.10. The Bertz CT molecular complexity index is 637. The molecule has 1 aromatic carbocycles. The summed E-state index contributed by atoms with van der Waals surface area (Å²) < 4.78 is 64.0. The van der Waals surface area contributed by atoms with Gasteiger partial charge in [-0.1, -0.05) is 0 Å². The van der Waals surface area contributed by atoms with Gasteiger partial charge in [0.05, 0.1) is 5.56 Å². The van der Waals surface area contributed by atoms with E-state index >= 15 is 0 Å². The van der Waals surface area contributed by atoms with Gasteiger partial charge in [-0.3, -0.25) is 0 Å². The Kier molecular flexibility index (Phi) is 3.97. The van der Waals surface area contributed by atoms with Crippen molar-refractivity contribution in [2.45, 2.75) is 6.18 Å². The zero-order chi connectivity index (χ0) is 15.6. The van der Waals surface area contributed by atoms with Crippen LogP contribution >= 0.6 is 0 Å². The molecular formula is C13H10F5N3. The molecule has 0 saturated carbocycles. The Morgan fingerprint density at radius 1 is 0.952 bits per heavy atom. The molecule has 0 fully saturated rings. The minimum absolute atomic E-state index is 0.175. The van der Waals surface area contributed by atoms with Crippen molar-refractivity contribution in [1.82, 2.24) is 4.98 Å². The van der Waals surface area contributed by atoms with Crippen LogP contribution in [0.3, 0.4) is 0 Å². The van der Waals surface area contributed by atoms with Gasteiger partial charge in [0, 0.05) is 18.8 Å². The number of halogens is 5. The van der Waals surface area contributed by atoms with Crippen molar-refractivity contribution in [3.05, 3.63) is 47.5 Å². The molecule has 0 aliphatic carbocycles. The summed E-state index contributed by atoms with van der Waals surface area (Å²) in [7, 11) is 1.41. The monoisotopic (exact) mass is 303 g/mol. The second-order valence-corrected chi connectivity index (χ2v) is 4.10. The van der Waals surface area contributed by atoms with Gasteiger partial charge in [-0.15, -0.1) is 0 Å². The maximum Gasteiger partial charge on any atom is 0.416 e. The zero-order valence-electron chi connectivity index (χ0n) is 10.7. The lowest BCUT2D eigenvalue weighted by Crippen LogP contribution is -2.06. The molecule has 2 N–H and O–H groups in total. The summed E-state index contributed by atoms with van der Waals surface area (Å²) in [6.07, 6.45) is -4.45. The molecule has 0 bridgehead atoms.